The lowest BCUT2D eigenvalue weighted by molar-refractivity contribution is 1.15. The number of nitrogens with zero attached hydrogens (tertiary/aromatic N) is 1. The molecule has 12 heavy (non-hydrogen) atoms. The third kappa shape index (κ3) is 0.779. The zero-order valence-corrected chi connectivity index (χ0v) is 6.75. The molecule has 0 atom stereocenters. The molecule has 0 saturated heterocycles. The number of aromatic amines is 1. The van der Waals surface area contributed by atoms with Gasteiger partial charge in [0.2, 0.25) is 0 Å². The lowest BCUT2D eigenvalue weighted by atomic mass is 10.1. The Hall–Kier alpha value is -1.31. The molecule has 0 amide bonds. The van der Waals surface area contributed by atoms with E-state index in [1.165, 1.54) is 23.8 Å². The van der Waals surface area contributed by atoms with Crippen LogP contribution in [-0.2, 0) is 0 Å². The van der Waals surface area contributed by atoms with E-state index < -0.39 is 0 Å². The summed E-state index contributed by atoms with van der Waals surface area (Å²) in [7, 11) is 0. The maximum atomic E-state index is 4.26. The number of hydrogen-bond acceptors (Lipinski definition) is 1. The van der Waals surface area contributed by atoms with E-state index in [0.717, 1.165) is 11.6 Å². The first-order valence-corrected chi connectivity index (χ1v) is 4.37. The summed E-state index contributed by atoms with van der Waals surface area (Å²) in [5.41, 5.74) is 2.48. The topological polar surface area (TPSA) is 28.7 Å². The van der Waals surface area contributed by atoms with Crippen molar-refractivity contribution in [3.63, 3.8) is 0 Å². The highest BCUT2D eigenvalue weighted by molar-refractivity contribution is 5.80. The summed E-state index contributed by atoms with van der Waals surface area (Å²) in [6, 6.07) is 4.15. The Morgan fingerprint density at radius 2 is 2.33 bits per heavy atom. The molecule has 1 saturated carbocycles. The minimum absolute atomic E-state index is 0.808. The van der Waals surface area contributed by atoms with Gasteiger partial charge in [-0.2, -0.15) is 0 Å². The summed E-state index contributed by atoms with van der Waals surface area (Å²) in [6.45, 7) is 0. The van der Waals surface area contributed by atoms with E-state index >= 15 is 0 Å². The Bertz CT molecular complexity index is 412. The molecule has 2 aromatic heterocycles. The van der Waals surface area contributed by atoms with Crippen LogP contribution in [-0.4, -0.2) is 9.97 Å². The fourth-order valence-corrected chi connectivity index (χ4v) is 1.71. The number of hydrogen-bond donors (Lipinski definition) is 1. The van der Waals surface area contributed by atoms with Crippen molar-refractivity contribution in [1.29, 1.82) is 0 Å². The first-order valence-electron chi connectivity index (χ1n) is 4.37. The van der Waals surface area contributed by atoms with E-state index in [-0.39, 0.29) is 0 Å². The van der Waals surface area contributed by atoms with Crippen LogP contribution in [0.2, 0.25) is 0 Å². The van der Waals surface area contributed by atoms with Crippen molar-refractivity contribution < 1.29 is 0 Å². The maximum Gasteiger partial charge on any atom is 0.137 e. The van der Waals surface area contributed by atoms with E-state index in [1.54, 1.807) is 0 Å². The largest absolute Gasteiger partial charge is 0.346 e. The molecule has 0 aliphatic heterocycles. The van der Waals surface area contributed by atoms with Crippen molar-refractivity contribution in [1.82, 2.24) is 9.97 Å². The second-order valence-corrected chi connectivity index (χ2v) is 3.42. The van der Waals surface area contributed by atoms with E-state index in [1.807, 2.05) is 12.3 Å². The number of fused-ring (bicyclic) bond motifs is 1. The van der Waals surface area contributed by atoms with Crippen LogP contribution in [0.25, 0.3) is 11.0 Å². The zero-order chi connectivity index (χ0) is 7.97. The molecule has 1 aliphatic rings. The van der Waals surface area contributed by atoms with Crippen molar-refractivity contribution in [2.24, 2.45) is 0 Å². The molecule has 1 aliphatic carbocycles. The SMILES string of the molecule is c1cnc2[nH]cc(C3CC3)c2c1. The van der Waals surface area contributed by atoms with Crippen LogP contribution in [0.3, 0.4) is 0 Å². The molecular formula is C10H10N2. The second-order valence-electron chi connectivity index (χ2n) is 3.42. The standard InChI is InChI=1S/C10H10N2/c1-2-8-9(7-3-4-7)6-12-10(8)11-5-1/h1-2,5-7H,3-4H2,(H,11,12). The van der Waals surface area contributed by atoms with Crippen LogP contribution in [0, 0.1) is 0 Å². The normalized spacial score (nSPS) is 17.0. The van der Waals surface area contributed by atoms with Gasteiger partial charge in [-0.25, -0.2) is 4.98 Å². The third-order valence-electron chi connectivity index (χ3n) is 2.50. The summed E-state index contributed by atoms with van der Waals surface area (Å²) in [4.78, 5) is 7.45. The monoisotopic (exact) mass is 158 g/mol. The predicted molar refractivity (Wildman–Crippen MR) is 48.1 cm³/mol. The van der Waals surface area contributed by atoms with Crippen LogP contribution in [0.5, 0.6) is 0 Å². The van der Waals surface area contributed by atoms with E-state index in [4.69, 9.17) is 0 Å². The number of aromatic nitrogens is 2. The molecule has 0 aromatic carbocycles. The number of nitrogens with one attached hydrogen (secondary N) is 1. The summed E-state index contributed by atoms with van der Waals surface area (Å²) in [6.07, 6.45) is 6.63. The van der Waals surface area contributed by atoms with Crippen molar-refractivity contribution in [3.8, 4) is 0 Å². The Kier molecular flexibility index (Phi) is 1.09. The Labute approximate surface area is 70.6 Å². The number of pyridine rings is 1. The van der Waals surface area contributed by atoms with Crippen molar-refractivity contribution in [2.75, 3.05) is 0 Å². The summed E-state index contributed by atoms with van der Waals surface area (Å²) in [5, 5.41) is 1.31. The van der Waals surface area contributed by atoms with Crippen LogP contribution >= 0.6 is 0 Å². The van der Waals surface area contributed by atoms with Crippen LogP contribution in [0.1, 0.15) is 24.3 Å². The Balaban J connectivity index is 2.30. The quantitative estimate of drug-likeness (QED) is 0.678. The fraction of sp³-hybridized carbons (Fsp3) is 0.300. The van der Waals surface area contributed by atoms with E-state index in [9.17, 15) is 0 Å². The van der Waals surface area contributed by atoms with Crippen molar-refractivity contribution in [3.05, 3.63) is 30.1 Å². The predicted octanol–water partition coefficient (Wildman–Crippen LogP) is 2.44. The van der Waals surface area contributed by atoms with E-state index in [2.05, 4.69) is 22.2 Å². The lowest BCUT2D eigenvalue weighted by Gasteiger charge is -1.91. The van der Waals surface area contributed by atoms with Gasteiger partial charge in [0.25, 0.3) is 0 Å². The molecule has 1 N–H and O–H groups in total. The highest BCUT2D eigenvalue weighted by Crippen LogP contribution is 2.42. The van der Waals surface area contributed by atoms with E-state index in [0.29, 0.717) is 0 Å². The number of rotatable bonds is 1. The van der Waals surface area contributed by atoms with Crippen LogP contribution < -0.4 is 0 Å². The van der Waals surface area contributed by atoms with Gasteiger partial charge in [0.15, 0.2) is 0 Å². The molecule has 2 nitrogen and oxygen atoms in total. The minimum atomic E-state index is 0.808. The van der Waals surface area contributed by atoms with Crippen LogP contribution in [0.15, 0.2) is 24.5 Å². The molecule has 0 spiro atoms. The van der Waals surface area contributed by atoms with Gasteiger partial charge in [-0.3, -0.25) is 0 Å². The molecular weight excluding hydrogens is 148 g/mol. The first kappa shape index (κ1) is 6.23. The highest BCUT2D eigenvalue weighted by Gasteiger charge is 2.25. The third-order valence-corrected chi connectivity index (χ3v) is 2.50. The van der Waals surface area contributed by atoms with Crippen molar-refractivity contribution in [2.45, 2.75) is 18.8 Å². The van der Waals surface area contributed by atoms with Gasteiger partial charge in [0.1, 0.15) is 5.65 Å². The van der Waals surface area contributed by atoms with Crippen molar-refractivity contribution >= 4 is 11.0 Å². The molecule has 0 radical (unpaired) electrons. The van der Waals surface area contributed by atoms with Gasteiger partial charge >= 0.3 is 0 Å². The summed E-state index contributed by atoms with van der Waals surface area (Å²) >= 11 is 0. The minimum Gasteiger partial charge on any atom is -0.346 e. The molecule has 2 heteroatoms. The van der Waals surface area contributed by atoms with Gasteiger partial charge in [0.05, 0.1) is 0 Å². The maximum absolute atomic E-state index is 4.26. The van der Waals surface area contributed by atoms with Gasteiger partial charge < -0.3 is 4.98 Å². The summed E-state index contributed by atoms with van der Waals surface area (Å²) < 4.78 is 0. The molecule has 60 valence electrons. The smallest absolute Gasteiger partial charge is 0.137 e. The molecule has 3 rings (SSSR count). The molecule has 0 unspecified atom stereocenters. The van der Waals surface area contributed by atoms with Gasteiger partial charge in [-0.15, -0.1) is 0 Å². The Morgan fingerprint density at radius 1 is 1.42 bits per heavy atom. The number of H-pyrrole nitrogens is 1. The summed E-state index contributed by atoms with van der Waals surface area (Å²) in [5.74, 6) is 0.808. The average Bonchev–Trinajstić information content (AvgIpc) is 2.86. The van der Waals surface area contributed by atoms with Gasteiger partial charge in [-0.05, 0) is 36.5 Å². The zero-order valence-electron chi connectivity index (χ0n) is 6.75. The second kappa shape index (κ2) is 2.09. The molecule has 1 fully saturated rings. The van der Waals surface area contributed by atoms with Gasteiger partial charge in [0, 0.05) is 17.8 Å². The fourth-order valence-electron chi connectivity index (χ4n) is 1.71. The Morgan fingerprint density at radius 3 is 3.17 bits per heavy atom. The average molecular weight is 158 g/mol. The highest BCUT2D eigenvalue weighted by atomic mass is 14.8. The first-order chi connectivity index (χ1) is 5.95. The molecule has 2 aromatic rings. The lowest BCUT2D eigenvalue weighted by Crippen LogP contribution is -1.75. The van der Waals surface area contributed by atoms with Gasteiger partial charge in [-0.1, -0.05) is 0 Å². The molecule has 2 heterocycles. The van der Waals surface area contributed by atoms with Crippen LogP contribution in [0.4, 0.5) is 0 Å². The molecule has 0 bridgehead atoms.